The van der Waals surface area contributed by atoms with Gasteiger partial charge in [0.1, 0.15) is 5.75 Å². The molecule has 0 saturated carbocycles. The summed E-state index contributed by atoms with van der Waals surface area (Å²) in [6, 6.07) is 20.3. The van der Waals surface area contributed by atoms with Crippen molar-refractivity contribution in [2.45, 2.75) is 37.0 Å². The van der Waals surface area contributed by atoms with Gasteiger partial charge in [-0.3, -0.25) is 14.4 Å². The van der Waals surface area contributed by atoms with Crippen molar-refractivity contribution in [3.63, 3.8) is 0 Å². The molecule has 0 saturated heterocycles. The first-order valence-electron chi connectivity index (χ1n) is 13.8. The van der Waals surface area contributed by atoms with Gasteiger partial charge in [-0.2, -0.15) is 0 Å². The Bertz CT molecular complexity index is 1490. The first-order chi connectivity index (χ1) is 19.7. The number of phenols is 1. The van der Waals surface area contributed by atoms with Crippen LogP contribution in [-0.4, -0.2) is 68.1 Å². The lowest BCUT2D eigenvalue weighted by molar-refractivity contribution is -0.131. The number of nitrogens with one attached hydrogen (secondary N) is 2. The Kier molecular flexibility index (Phi) is 10.1. The normalized spacial score (nSPS) is 15.6. The average molecular weight is 578 g/mol. The summed E-state index contributed by atoms with van der Waals surface area (Å²) in [5, 5.41) is 16.2. The van der Waals surface area contributed by atoms with Gasteiger partial charge >= 0.3 is 0 Å². The number of rotatable bonds is 4. The molecular weight excluding hydrogens is 542 g/mol. The van der Waals surface area contributed by atoms with E-state index >= 15 is 0 Å². The number of benzene rings is 3. The minimum atomic E-state index is -3.61. The van der Waals surface area contributed by atoms with Crippen LogP contribution in [0.2, 0.25) is 0 Å². The van der Waals surface area contributed by atoms with E-state index in [0.29, 0.717) is 62.1 Å². The highest BCUT2D eigenvalue weighted by Gasteiger charge is 2.20. The van der Waals surface area contributed by atoms with Gasteiger partial charge in [-0.15, -0.1) is 0 Å². The van der Waals surface area contributed by atoms with E-state index in [1.165, 1.54) is 12.1 Å². The zero-order chi connectivity index (χ0) is 29.2. The van der Waals surface area contributed by atoms with E-state index < -0.39 is 9.84 Å². The number of phenolic OH excluding ortho intramolecular Hbond substituents is 1. The molecule has 3 aromatic rings. The molecule has 0 radical (unpaired) electrons. The van der Waals surface area contributed by atoms with E-state index in [0.717, 1.165) is 5.56 Å². The monoisotopic (exact) mass is 577 g/mol. The molecule has 0 spiro atoms. The number of carbonyl (C=O) groups excluding carboxylic acids is 3. The maximum absolute atomic E-state index is 13.1. The lowest BCUT2D eigenvalue weighted by Crippen LogP contribution is -2.36. The van der Waals surface area contributed by atoms with E-state index in [9.17, 15) is 27.9 Å². The van der Waals surface area contributed by atoms with Crippen LogP contribution in [0.4, 0.5) is 0 Å². The summed E-state index contributed by atoms with van der Waals surface area (Å²) in [6.07, 6.45) is 1.48. The van der Waals surface area contributed by atoms with Crippen LogP contribution < -0.4 is 10.6 Å². The van der Waals surface area contributed by atoms with E-state index in [1.54, 1.807) is 53.4 Å². The molecule has 0 atom stereocenters. The molecule has 4 rings (SSSR count). The third kappa shape index (κ3) is 8.40. The number of hydrogen-bond donors (Lipinski definition) is 3. The van der Waals surface area contributed by atoms with Crippen LogP contribution in [0.15, 0.2) is 77.7 Å². The van der Waals surface area contributed by atoms with Gasteiger partial charge < -0.3 is 20.6 Å². The third-order valence-corrected chi connectivity index (χ3v) is 8.73. The molecule has 41 heavy (non-hydrogen) atoms. The summed E-state index contributed by atoms with van der Waals surface area (Å²) < 4.78 is 25.4. The molecule has 0 fully saturated rings. The van der Waals surface area contributed by atoms with E-state index in [4.69, 9.17) is 0 Å². The number of amides is 3. The fourth-order valence-corrected chi connectivity index (χ4v) is 5.97. The Morgan fingerprint density at radius 1 is 0.829 bits per heavy atom. The minimum absolute atomic E-state index is 0.0996. The summed E-state index contributed by atoms with van der Waals surface area (Å²) in [5.41, 5.74) is 2.66. The highest BCUT2D eigenvalue weighted by atomic mass is 32.2. The summed E-state index contributed by atoms with van der Waals surface area (Å²) in [6.45, 7) is 1.32. The van der Waals surface area contributed by atoms with Crippen LogP contribution in [0.25, 0.3) is 11.1 Å². The molecule has 1 aliphatic rings. The Labute approximate surface area is 240 Å². The van der Waals surface area contributed by atoms with Gasteiger partial charge in [-0.25, -0.2) is 8.42 Å². The van der Waals surface area contributed by atoms with Crippen molar-refractivity contribution in [3.8, 4) is 16.9 Å². The fraction of sp³-hybridized carbons (Fsp3) is 0.323. The second-order valence-corrected chi connectivity index (χ2v) is 12.1. The quantitative estimate of drug-likeness (QED) is 0.436. The van der Waals surface area contributed by atoms with Gasteiger partial charge in [0.25, 0.3) is 5.91 Å². The van der Waals surface area contributed by atoms with E-state index in [1.807, 2.05) is 12.1 Å². The Hall–Kier alpha value is -4.18. The zero-order valence-electron chi connectivity index (χ0n) is 22.8. The molecule has 9 nitrogen and oxygen atoms in total. The molecule has 1 heterocycles. The first-order valence-corrected chi connectivity index (χ1v) is 15.4. The number of sulfone groups is 1. The van der Waals surface area contributed by atoms with E-state index in [2.05, 4.69) is 10.6 Å². The van der Waals surface area contributed by atoms with Crippen LogP contribution in [-0.2, 0) is 25.8 Å². The van der Waals surface area contributed by atoms with Crippen molar-refractivity contribution >= 4 is 27.6 Å². The lowest BCUT2D eigenvalue weighted by atomic mass is 9.98. The van der Waals surface area contributed by atoms with Crippen molar-refractivity contribution in [2.24, 2.45) is 0 Å². The maximum atomic E-state index is 13.1. The van der Waals surface area contributed by atoms with Gasteiger partial charge in [0, 0.05) is 50.1 Å². The fourth-order valence-electron chi connectivity index (χ4n) is 4.72. The number of aromatic hydroxyl groups is 1. The van der Waals surface area contributed by atoms with Gasteiger partial charge in [0.2, 0.25) is 11.8 Å². The maximum Gasteiger partial charge on any atom is 0.251 e. The Morgan fingerprint density at radius 2 is 1.59 bits per heavy atom. The van der Waals surface area contributed by atoms with Gasteiger partial charge in [-0.1, -0.05) is 36.4 Å². The number of nitrogens with zero attached hydrogens (tertiary/aromatic N) is 1. The molecule has 0 unspecified atom stereocenters. The predicted octanol–water partition coefficient (Wildman–Crippen LogP) is 3.32. The summed E-state index contributed by atoms with van der Waals surface area (Å²) in [4.78, 5) is 40.1. The minimum Gasteiger partial charge on any atom is -0.507 e. The molecule has 1 aliphatic heterocycles. The van der Waals surface area contributed by atoms with Crippen LogP contribution in [0.1, 0.15) is 41.6 Å². The predicted molar refractivity (Wildman–Crippen MR) is 156 cm³/mol. The number of hydrogen-bond acceptors (Lipinski definition) is 6. The van der Waals surface area contributed by atoms with Crippen LogP contribution in [0.5, 0.6) is 5.75 Å². The molecule has 3 amide bonds. The standard InChI is InChI=1S/C31H35N3O6S/c35-28-13-12-23-14-17-32-29(36)11-5-18-34(30(37)15-20-41(39,40)26-9-2-1-3-10-26)19-6-16-33-31(38)25-8-4-7-24(22-25)27(28)21-23/h1-4,7-10,12-13,21-22,35H,5-6,11,14-20H2,(H,32,36)(H,33,38). The topological polar surface area (TPSA) is 133 Å². The summed E-state index contributed by atoms with van der Waals surface area (Å²) >= 11 is 0. The molecule has 0 aliphatic carbocycles. The molecule has 3 aromatic carbocycles. The smallest absolute Gasteiger partial charge is 0.251 e. The molecular formula is C31H35N3O6S. The molecule has 216 valence electrons. The largest absolute Gasteiger partial charge is 0.507 e. The Morgan fingerprint density at radius 3 is 2.39 bits per heavy atom. The molecule has 4 bridgehead atoms. The van der Waals surface area contributed by atoms with E-state index in [-0.39, 0.29) is 47.0 Å². The highest BCUT2D eigenvalue weighted by Crippen LogP contribution is 2.31. The molecule has 10 heteroatoms. The zero-order valence-corrected chi connectivity index (χ0v) is 23.7. The molecule has 3 N–H and O–H groups in total. The number of carbonyl (C=O) groups is 3. The first kappa shape index (κ1) is 29.8. The number of fused-ring (bicyclic) bond motifs is 5. The third-order valence-electron chi connectivity index (χ3n) is 6.99. The van der Waals surface area contributed by atoms with Crippen LogP contribution in [0.3, 0.4) is 0 Å². The van der Waals surface area contributed by atoms with Crippen molar-refractivity contribution < 1.29 is 27.9 Å². The average Bonchev–Trinajstić information content (AvgIpc) is 2.98. The summed E-state index contributed by atoms with van der Waals surface area (Å²) in [5.74, 6) is -0.935. The van der Waals surface area contributed by atoms with Crippen molar-refractivity contribution in [1.29, 1.82) is 0 Å². The van der Waals surface area contributed by atoms with Crippen molar-refractivity contribution in [3.05, 3.63) is 83.9 Å². The lowest BCUT2D eigenvalue weighted by Gasteiger charge is -2.23. The van der Waals surface area contributed by atoms with Crippen LogP contribution >= 0.6 is 0 Å². The highest BCUT2D eigenvalue weighted by molar-refractivity contribution is 7.91. The SMILES string of the molecule is O=C1CCCN(C(=O)CCS(=O)(=O)c2ccccc2)CCCNC(=O)c2cccc(c2)-c2cc(ccc2O)CCN1. The van der Waals surface area contributed by atoms with Gasteiger partial charge in [0.15, 0.2) is 9.84 Å². The molecule has 0 aromatic heterocycles. The van der Waals surface area contributed by atoms with Crippen molar-refractivity contribution in [1.82, 2.24) is 15.5 Å². The van der Waals surface area contributed by atoms with Gasteiger partial charge in [-0.05, 0) is 66.8 Å². The second kappa shape index (κ2) is 13.9. The second-order valence-electron chi connectivity index (χ2n) is 10.0. The van der Waals surface area contributed by atoms with Gasteiger partial charge in [0.05, 0.1) is 10.6 Å². The van der Waals surface area contributed by atoms with Crippen LogP contribution in [0, 0.1) is 0 Å². The Balaban J connectivity index is 1.45. The van der Waals surface area contributed by atoms with Crippen molar-refractivity contribution in [2.75, 3.05) is 31.9 Å². The summed E-state index contributed by atoms with van der Waals surface area (Å²) in [7, 11) is -3.61.